The Morgan fingerprint density at radius 2 is 1.45 bits per heavy atom. The molecule has 4 aromatic carbocycles. The number of hydrogen-bond acceptors (Lipinski definition) is 6. The molecule has 3 heterocycles. The molecule has 5 aliphatic carbocycles. The summed E-state index contributed by atoms with van der Waals surface area (Å²) >= 11 is 1.79. The second-order valence-electron chi connectivity index (χ2n) is 15.0. The molecule has 4 fully saturated rings. The standard InChI is InChI=1S/C43H29N5S/c44-21-24-15-31-32-22-45-14-13-33(32)43(27-17-25-16-26-18-37(43)42(25,26)20-27)34(31)19-30(24)41-47-39(23-7-2-1-3-8-23)46-40(48-41)29-10-6-12-36-38(29)28-9-4-5-11-35(28)49-36/h1-15,19,22,25-27,37H,16-18,20H2. The van der Waals surface area contributed by atoms with Crippen LogP contribution >= 0.6 is 11.3 Å². The number of aromatic nitrogens is 4. The number of nitriles is 1. The lowest BCUT2D eigenvalue weighted by atomic mass is 9.34. The number of pyridine rings is 1. The van der Waals surface area contributed by atoms with Crippen molar-refractivity contribution in [2.24, 2.45) is 29.1 Å². The number of rotatable bonds is 3. The Bertz CT molecular complexity index is 2640. The van der Waals surface area contributed by atoms with Gasteiger partial charge in [-0.25, -0.2) is 15.0 Å². The average molecular weight is 648 g/mol. The van der Waals surface area contributed by atoms with Gasteiger partial charge in [-0.2, -0.15) is 5.26 Å². The molecule has 12 rings (SSSR count). The molecule has 0 saturated heterocycles. The third kappa shape index (κ3) is 3.08. The van der Waals surface area contributed by atoms with Crippen molar-refractivity contribution < 1.29 is 0 Å². The van der Waals surface area contributed by atoms with Crippen LogP contribution in [0.1, 0.15) is 42.4 Å². The van der Waals surface area contributed by atoms with E-state index in [0.29, 0.717) is 40.3 Å². The van der Waals surface area contributed by atoms with E-state index in [1.165, 1.54) is 62.7 Å². The summed E-state index contributed by atoms with van der Waals surface area (Å²) in [4.78, 5) is 20.2. The fourth-order valence-electron chi connectivity index (χ4n) is 11.7. The first-order valence-corrected chi connectivity index (χ1v) is 18.3. The van der Waals surface area contributed by atoms with E-state index in [0.717, 1.165) is 33.9 Å². The zero-order valence-electron chi connectivity index (χ0n) is 26.6. The van der Waals surface area contributed by atoms with E-state index in [1.807, 2.05) is 42.7 Å². The molecule has 6 unspecified atom stereocenters. The van der Waals surface area contributed by atoms with Gasteiger partial charge in [-0.3, -0.25) is 4.98 Å². The summed E-state index contributed by atoms with van der Waals surface area (Å²) in [5.74, 6) is 4.87. The molecular formula is C43H29N5S. The highest BCUT2D eigenvalue weighted by atomic mass is 32.1. The van der Waals surface area contributed by atoms with Gasteiger partial charge in [-0.1, -0.05) is 60.7 Å². The Balaban J connectivity index is 1.12. The molecule has 6 heteroatoms. The van der Waals surface area contributed by atoms with Gasteiger partial charge in [0, 0.05) is 60.2 Å². The summed E-state index contributed by atoms with van der Waals surface area (Å²) in [7, 11) is 0. The van der Waals surface area contributed by atoms with Crippen molar-refractivity contribution in [3.63, 3.8) is 0 Å². The van der Waals surface area contributed by atoms with Gasteiger partial charge < -0.3 is 0 Å². The third-order valence-corrected chi connectivity index (χ3v) is 14.6. The van der Waals surface area contributed by atoms with E-state index in [1.54, 1.807) is 11.3 Å². The summed E-state index contributed by atoms with van der Waals surface area (Å²) in [6, 6.07) is 34.4. The van der Waals surface area contributed by atoms with Crippen LogP contribution < -0.4 is 0 Å². The maximum atomic E-state index is 10.7. The highest BCUT2D eigenvalue weighted by Gasteiger charge is 2.82. The second kappa shape index (κ2) is 9.05. The Kier molecular flexibility index (Phi) is 4.93. The molecule has 7 aromatic rings. The summed E-state index contributed by atoms with van der Waals surface area (Å²) in [6.45, 7) is 0. The van der Waals surface area contributed by atoms with E-state index >= 15 is 0 Å². The fourth-order valence-corrected chi connectivity index (χ4v) is 12.9. The number of fused-ring (bicyclic) bond motifs is 11. The van der Waals surface area contributed by atoms with Crippen LogP contribution in [-0.2, 0) is 5.41 Å². The van der Waals surface area contributed by atoms with Gasteiger partial charge >= 0.3 is 0 Å². The van der Waals surface area contributed by atoms with Crippen LogP contribution in [0.3, 0.4) is 0 Å². The largest absolute Gasteiger partial charge is 0.264 e. The first kappa shape index (κ1) is 26.7. The van der Waals surface area contributed by atoms with Gasteiger partial charge in [0.1, 0.15) is 0 Å². The smallest absolute Gasteiger partial charge is 0.165 e. The maximum absolute atomic E-state index is 10.7. The van der Waals surface area contributed by atoms with Crippen LogP contribution in [0.15, 0.2) is 103 Å². The van der Waals surface area contributed by atoms with Gasteiger partial charge in [0.05, 0.1) is 11.6 Å². The van der Waals surface area contributed by atoms with Crippen molar-refractivity contribution in [2.75, 3.05) is 0 Å². The highest BCUT2D eigenvalue weighted by Crippen LogP contribution is 2.88. The van der Waals surface area contributed by atoms with Crippen LogP contribution in [0.5, 0.6) is 0 Å². The molecule has 0 N–H and O–H groups in total. The van der Waals surface area contributed by atoms with Gasteiger partial charge in [-0.15, -0.1) is 11.3 Å². The lowest BCUT2D eigenvalue weighted by Gasteiger charge is -2.70. The van der Waals surface area contributed by atoms with Crippen LogP contribution in [0.2, 0.25) is 0 Å². The lowest BCUT2D eigenvalue weighted by Crippen LogP contribution is -2.65. The molecule has 0 amide bonds. The normalized spacial score (nSPS) is 27.8. The summed E-state index contributed by atoms with van der Waals surface area (Å²) < 4.78 is 2.44. The van der Waals surface area contributed by atoms with E-state index in [4.69, 9.17) is 15.0 Å². The van der Waals surface area contributed by atoms with Gasteiger partial charge in [-0.05, 0) is 102 Å². The summed E-state index contributed by atoms with van der Waals surface area (Å²) in [5, 5.41) is 13.1. The maximum Gasteiger partial charge on any atom is 0.165 e. The van der Waals surface area contributed by atoms with Crippen molar-refractivity contribution in [1.29, 1.82) is 5.26 Å². The van der Waals surface area contributed by atoms with E-state index < -0.39 is 0 Å². The molecule has 6 atom stereocenters. The molecule has 0 radical (unpaired) electrons. The van der Waals surface area contributed by atoms with Crippen molar-refractivity contribution in [3.05, 3.63) is 120 Å². The van der Waals surface area contributed by atoms with E-state index in [2.05, 4.69) is 71.7 Å². The molecule has 5 aliphatic rings. The highest BCUT2D eigenvalue weighted by molar-refractivity contribution is 7.25. The Morgan fingerprint density at radius 1 is 0.673 bits per heavy atom. The van der Waals surface area contributed by atoms with Crippen LogP contribution in [0.25, 0.3) is 65.5 Å². The van der Waals surface area contributed by atoms with Gasteiger partial charge in [0.2, 0.25) is 0 Å². The second-order valence-corrected chi connectivity index (χ2v) is 16.0. The molecule has 232 valence electrons. The Hall–Kier alpha value is -5.25. The van der Waals surface area contributed by atoms with Crippen LogP contribution in [0, 0.1) is 40.4 Å². The predicted molar refractivity (Wildman–Crippen MR) is 193 cm³/mol. The number of benzene rings is 4. The Labute approximate surface area is 287 Å². The van der Waals surface area contributed by atoms with Crippen molar-refractivity contribution in [1.82, 2.24) is 19.9 Å². The first-order chi connectivity index (χ1) is 24.2. The van der Waals surface area contributed by atoms with Gasteiger partial charge in [0.15, 0.2) is 17.5 Å². The third-order valence-electron chi connectivity index (χ3n) is 13.5. The molecule has 5 nitrogen and oxygen atoms in total. The minimum Gasteiger partial charge on any atom is -0.264 e. The molecule has 2 spiro atoms. The zero-order chi connectivity index (χ0) is 32.1. The minimum absolute atomic E-state index is 0.0247. The topological polar surface area (TPSA) is 75.3 Å². The van der Waals surface area contributed by atoms with Crippen molar-refractivity contribution in [2.45, 2.75) is 31.1 Å². The zero-order valence-corrected chi connectivity index (χ0v) is 27.4. The van der Waals surface area contributed by atoms with Crippen LogP contribution in [0.4, 0.5) is 0 Å². The first-order valence-electron chi connectivity index (χ1n) is 17.4. The average Bonchev–Trinajstić information content (AvgIpc) is 3.86. The SMILES string of the molecule is N#Cc1cc2c(cc1-c1nc(-c3ccccc3)nc(-c3cccc4sc5ccccc5c34)n1)C1(c3ccncc3-2)C2CC3CC4CC1C34C2. The minimum atomic E-state index is -0.0247. The molecule has 3 aromatic heterocycles. The molecule has 2 bridgehead atoms. The van der Waals surface area contributed by atoms with Crippen molar-refractivity contribution >= 4 is 31.5 Å². The van der Waals surface area contributed by atoms with Crippen LogP contribution in [-0.4, -0.2) is 19.9 Å². The van der Waals surface area contributed by atoms with Crippen molar-refractivity contribution in [3.8, 4) is 51.4 Å². The van der Waals surface area contributed by atoms with E-state index in [-0.39, 0.29) is 5.41 Å². The Morgan fingerprint density at radius 3 is 2.31 bits per heavy atom. The quantitative estimate of drug-likeness (QED) is 0.191. The predicted octanol–water partition coefficient (Wildman–Crippen LogP) is 9.84. The summed E-state index contributed by atoms with van der Waals surface area (Å²) in [5.41, 5.74) is 8.98. The van der Waals surface area contributed by atoms with Gasteiger partial charge in [0.25, 0.3) is 0 Å². The number of hydrogen-bond donors (Lipinski definition) is 0. The fraction of sp³-hybridized carbons (Fsp3) is 0.233. The summed E-state index contributed by atoms with van der Waals surface area (Å²) in [6.07, 6.45) is 9.43. The number of thiophene rings is 1. The number of nitrogens with zero attached hydrogens (tertiary/aromatic N) is 5. The molecular weight excluding hydrogens is 619 g/mol. The van der Waals surface area contributed by atoms with E-state index in [9.17, 15) is 5.26 Å². The molecule has 0 aliphatic heterocycles. The molecule has 49 heavy (non-hydrogen) atoms. The monoisotopic (exact) mass is 647 g/mol. The lowest BCUT2D eigenvalue weighted by molar-refractivity contribution is -0.193. The molecule has 4 saturated carbocycles.